The van der Waals surface area contributed by atoms with Gasteiger partial charge in [0.25, 0.3) is 10.0 Å². The Kier molecular flexibility index (Phi) is 2.95. The number of anilines is 1. The van der Waals surface area contributed by atoms with Gasteiger partial charge in [0.2, 0.25) is 5.13 Å². The van der Waals surface area contributed by atoms with Crippen LogP contribution in [0.15, 0.2) is 28.6 Å². The van der Waals surface area contributed by atoms with E-state index in [9.17, 15) is 8.42 Å². The Morgan fingerprint density at radius 2 is 2.00 bits per heavy atom. The molecule has 0 amide bonds. The molecule has 0 aliphatic rings. The summed E-state index contributed by atoms with van der Waals surface area (Å²) in [5.41, 5.74) is 1.45. The van der Waals surface area contributed by atoms with Crippen LogP contribution in [0.4, 0.5) is 5.13 Å². The Morgan fingerprint density at radius 1 is 1.24 bits per heavy atom. The van der Waals surface area contributed by atoms with Crippen LogP contribution in [0.2, 0.25) is 0 Å². The smallest absolute Gasteiger partial charge is 0.253 e. The Bertz CT molecular complexity index is 723. The molecule has 0 saturated heterocycles. The first-order valence-electron chi connectivity index (χ1n) is 4.56. The van der Waals surface area contributed by atoms with E-state index in [1.165, 1.54) is 17.6 Å². The lowest BCUT2D eigenvalue weighted by molar-refractivity contribution is 0.601. The van der Waals surface area contributed by atoms with Gasteiger partial charge >= 0.3 is 0 Å². The van der Waals surface area contributed by atoms with Crippen molar-refractivity contribution in [1.82, 2.24) is 10.2 Å². The molecule has 7 heteroatoms. The van der Waals surface area contributed by atoms with E-state index in [0.29, 0.717) is 10.4 Å². The van der Waals surface area contributed by atoms with E-state index in [1.807, 2.05) is 0 Å². The van der Waals surface area contributed by atoms with Crippen molar-refractivity contribution in [1.29, 1.82) is 0 Å². The molecule has 17 heavy (non-hydrogen) atoms. The van der Waals surface area contributed by atoms with Crippen LogP contribution >= 0.6 is 11.3 Å². The second-order valence-corrected chi connectivity index (χ2v) is 5.80. The molecular weight excluding hydrogens is 258 g/mol. The first-order valence-corrected chi connectivity index (χ1v) is 6.92. The zero-order chi connectivity index (χ0) is 12.5. The number of hydrogen-bond acceptors (Lipinski definition) is 5. The molecule has 1 heterocycles. The highest BCUT2D eigenvalue weighted by Gasteiger charge is 2.15. The first-order chi connectivity index (χ1) is 7.99. The minimum Gasteiger partial charge on any atom is -0.253 e. The molecule has 0 spiro atoms. The fourth-order valence-corrected chi connectivity index (χ4v) is 2.90. The summed E-state index contributed by atoms with van der Waals surface area (Å²) in [6, 6.07) is 4.54. The summed E-state index contributed by atoms with van der Waals surface area (Å²) < 4.78 is 26.2. The summed E-state index contributed by atoms with van der Waals surface area (Å²) >= 11 is 1.11. The highest BCUT2D eigenvalue weighted by atomic mass is 32.2. The van der Waals surface area contributed by atoms with Gasteiger partial charge in [0.15, 0.2) is 0 Å². The summed E-state index contributed by atoms with van der Waals surface area (Å²) in [4.78, 5) is 0.130. The lowest BCUT2D eigenvalue weighted by Crippen LogP contribution is -2.24. The molecule has 5 nitrogen and oxygen atoms in total. The maximum Gasteiger partial charge on any atom is 0.263 e. The van der Waals surface area contributed by atoms with Crippen LogP contribution in [-0.2, 0) is 10.0 Å². The van der Waals surface area contributed by atoms with Crippen LogP contribution in [-0.4, -0.2) is 18.6 Å². The molecule has 1 N–H and O–H groups in total. The van der Waals surface area contributed by atoms with Gasteiger partial charge in [-0.15, -0.1) is 10.2 Å². The van der Waals surface area contributed by atoms with Crippen LogP contribution in [0.3, 0.4) is 0 Å². The number of benzene rings is 1. The van der Waals surface area contributed by atoms with Crippen LogP contribution in [0.5, 0.6) is 0 Å². The van der Waals surface area contributed by atoms with Crippen molar-refractivity contribution in [2.75, 3.05) is 4.72 Å². The Morgan fingerprint density at radius 3 is 2.59 bits per heavy atom. The van der Waals surface area contributed by atoms with E-state index in [4.69, 9.17) is 0 Å². The Labute approximate surface area is 102 Å². The number of aromatic nitrogens is 2. The van der Waals surface area contributed by atoms with E-state index in [1.54, 1.807) is 6.07 Å². The summed E-state index contributed by atoms with van der Waals surface area (Å²) in [5.74, 6) is 0. The molecule has 0 fully saturated rings. The zero-order valence-corrected chi connectivity index (χ0v) is 10.4. The highest BCUT2D eigenvalue weighted by molar-refractivity contribution is 7.93. The molecule has 0 aliphatic carbocycles. The van der Waals surface area contributed by atoms with Crippen molar-refractivity contribution < 1.29 is 8.42 Å². The normalized spacial score (nSPS) is 11.3. The molecule has 0 aliphatic heterocycles. The van der Waals surface area contributed by atoms with Crippen LogP contribution in [0.25, 0.3) is 13.2 Å². The molecule has 0 unspecified atom stereocenters. The van der Waals surface area contributed by atoms with Gasteiger partial charge < -0.3 is 0 Å². The third-order valence-electron chi connectivity index (χ3n) is 2.07. The minimum atomic E-state index is -3.63. The van der Waals surface area contributed by atoms with Gasteiger partial charge in [-0.05, 0) is 22.6 Å². The van der Waals surface area contributed by atoms with Gasteiger partial charge in [0, 0.05) is 0 Å². The second kappa shape index (κ2) is 4.27. The van der Waals surface area contributed by atoms with Gasteiger partial charge in [-0.25, -0.2) is 8.42 Å². The van der Waals surface area contributed by atoms with E-state index in [0.717, 1.165) is 11.3 Å². The van der Waals surface area contributed by atoms with Crippen molar-refractivity contribution >= 4 is 39.6 Å². The zero-order valence-electron chi connectivity index (χ0n) is 8.75. The molecule has 88 valence electrons. The van der Waals surface area contributed by atoms with Gasteiger partial charge in [-0.1, -0.05) is 30.6 Å². The largest absolute Gasteiger partial charge is 0.263 e. The van der Waals surface area contributed by atoms with Crippen LogP contribution in [0, 0.1) is 0 Å². The number of rotatable bonds is 3. The molecule has 0 radical (unpaired) electrons. The van der Waals surface area contributed by atoms with Gasteiger partial charge in [-0.3, -0.25) is 4.72 Å². The summed E-state index contributed by atoms with van der Waals surface area (Å²) in [6.45, 7) is 7.43. The molecule has 0 bridgehead atoms. The molecule has 0 atom stereocenters. The lowest BCUT2D eigenvalue weighted by Gasteiger charge is -2.04. The summed E-state index contributed by atoms with van der Waals surface area (Å²) in [7, 11) is -3.63. The van der Waals surface area contributed by atoms with E-state index >= 15 is 0 Å². The maximum absolute atomic E-state index is 11.9. The third kappa shape index (κ3) is 2.51. The van der Waals surface area contributed by atoms with Crippen LogP contribution in [0.1, 0.15) is 0 Å². The monoisotopic (exact) mass is 267 g/mol. The summed E-state index contributed by atoms with van der Waals surface area (Å²) in [5, 5.41) is 8.67. The number of nitrogens with one attached hydrogen (secondary N) is 1. The predicted octanol–water partition coefficient (Wildman–Crippen LogP) is 0.159. The predicted molar refractivity (Wildman–Crippen MR) is 67.5 cm³/mol. The minimum absolute atomic E-state index is 0.130. The van der Waals surface area contributed by atoms with Crippen LogP contribution < -0.4 is 15.2 Å². The van der Waals surface area contributed by atoms with E-state index in [-0.39, 0.29) is 10.0 Å². The topological polar surface area (TPSA) is 72.0 Å². The number of nitrogens with zero attached hydrogens (tertiary/aromatic N) is 2. The molecule has 2 aromatic rings. The fourth-order valence-electron chi connectivity index (χ4n) is 1.16. The van der Waals surface area contributed by atoms with Gasteiger partial charge in [0.05, 0.1) is 4.90 Å². The van der Waals surface area contributed by atoms with Crippen molar-refractivity contribution in [3.05, 3.63) is 34.1 Å². The quantitative estimate of drug-likeness (QED) is 0.860. The van der Waals surface area contributed by atoms with Crippen molar-refractivity contribution in [2.24, 2.45) is 0 Å². The Hall–Kier alpha value is -1.73. The van der Waals surface area contributed by atoms with Crippen molar-refractivity contribution in [2.45, 2.75) is 4.90 Å². The average molecular weight is 267 g/mol. The Balaban J connectivity index is 2.42. The molecule has 0 saturated carbocycles. The van der Waals surface area contributed by atoms with Gasteiger partial charge in [-0.2, -0.15) is 0 Å². The molecule has 1 aromatic carbocycles. The van der Waals surface area contributed by atoms with E-state index < -0.39 is 10.0 Å². The SMILES string of the molecule is C=c1ccc(S(=O)(=O)Nc2nncs2)cc1=C. The average Bonchev–Trinajstić information content (AvgIpc) is 2.73. The second-order valence-electron chi connectivity index (χ2n) is 3.28. The molecule has 2 rings (SSSR count). The van der Waals surface area contributed by atoms with Gasteiger partial charge in [0.1, 0.15) is 5.51 Å². The van der Waals surface area contributed by atoms with Crippen molar-refractivity contribution in [3.63, 3.8) is 0 Å². The lowest BCUT2D eigenvalue weighted by atomic mass is 10.3. The number of sulfonamides is 1. The molecule has 1 aromatic heterocycles. The first kappa shape index (κ1) is 11.7. The maximum atomic E-state index is 11.9. The standard InChI is InChI=1S/C10H9N3O2S2/c1-7-3-4-9(5-8(7)2)17(14,15)13-10-12-11-6-16-10/h3-6H,1-2H2,(H,12,13). The van der Waals surface area contributed by atoms with E-state index in [2.05, 4.69) is 28.1 Å². The molecular formula is C10H9N3O2S2. The summed E-state index contributed by atoms with van der Waals surface area (Å²) in [6.07, 6.45) is 0. The fraction of sp³-hybridized carbons (Fsp3) is 0. The number of hydrogen-bond donors (Lipinski definition) is 1. The highest BCUT2D eigenvalue weighted by Crippen LogP contribution is 2.14. The third-order valence-corrected chi connectivity index (χ3v) is 4.14. The van der Waals surface area contributed by atoms with Crippen molar-refractivity contribution in [3.8, 4) is 0 Å².